The number of pyridine rings is 1. The van der Waals surface area contributed by atoms with Crippen LogP contribution in [0.4, 0.5) is 0 Å². The van der Waals surface area contributed by atoms with Crippen LogP contribution in [0.2, 0.25) is 0 Å². The standard InChI is InChI=1S/C69H45N5/c1-7-20-46(21-8-1)66-57-39-35-52(60-32-19-33-61(70-60)53-37-41-65-63(45-53)72-69(49-26-13-4-14-27-49)74(65)55-30-17-6-18-31-55)43-59(57)67(47-22-9-2-10-23-47)56-38-34-50(42-58(56)66)51-36-40-64-62(44-51)71-68(48-24-11-3-12-25-48)73(64)54-28-15-5-16-29-54/h1-45H. The van der Waals surface area contributed by atoms with Crippen LogP contribution in [-0.4, -0.2) is 24.1 Å². The molecule has 14 rings (SSSR count). The molecule has 346 valence electrons. The van der Waals surface area contributed by atoms with Crippen molar-refractivity contribution in [1.29, 1.82) is 0 Å². The second kappa shape index (κ2) is 18.0. The molecule has 3 aromatic heterocycles. The topological polar surface area (TPSA) is 48.5 Å². The van der Waals surface area contributed by atoms with E-state index in [0.29, 0.717) is 0 Å². The van der Waals surface area contributed by atoms with E-state index in [1.165, 1.54) is 32.7 Å². The molecule has 0 bridgehead atoms. The van der Waals surface area contributed by atoms with Gasteiger partial charge in [0.15, 0.2) is 0 Å². The minimum atomic E-state index is 0.889. The van der Waals surface area contributed by atoms with Crippen LogP contribution in [-0.2, 0) is 0 Å². The van der Waals surface area contributed by atoms with Gasteiger partial charge in [-0.05, 0) is 128 Å². The summed E-state index contributed by atoms with van der Waals surface area (Å²) in [5.41, 5.74) is 19.0. The van der Waals surface area contributed by atoms with Crippen molar-refractivity contribution < 1.29 is 0 Å². The van der Waals surface area contributed by atoms with Crippen LogP contribution in [0, 0.1) is 0 Å². The Morgan fingerprint density at radius 2 is 0.581 bits per heavy atom. The van der Waals surface area contributed by atoms with Crippen molar-refractivity contribution >= 4 is 43.6 Å². The molecule has 14 aromatic rings. The molecule has 74 heavy (non-hydrogen) atoms. The molecule has 0 aliphatic carbocycles. The Balaban J connectivity index is 0.918. The van der Waals surface area contributed by atoms with Crippen LogP contribution >= 0.6 is 0 Å². The maximum absolute atomic E-state index is 5.38. The van der Waals surface area contributed by atoms with Gasteiger partial charge in [0.2, 0.25) is 0 Å². The van der Waals surface area contributed by atoms with E-state index >= 15 is 0 Å². The predicted octanol–water partition coefficient (Wildman–Crippen LogP) is 17.7. The highest BCUT2D eigenvalue weighted by atomic mass is 15.1. The van der Waals surface area contributed by atoms with Crippen molar-refractivity contribution in [3.8, 4) is 90.0 Å². The van der Waals surface area contributed by atoms with Gasteiger partial charge in [-0.3, -0.25) is 9.13 Å². The first-order valence-electron chi connectivity index (χ1n) is 25.1. The largest absolute Gasteiger partial charge is 0.292 e. The number of hydrogen-bond acceptors (Lipinski definition) is 3. The third-order valence-corrected chi connectivity index (χ3v) is 14.3. The first-order chi connectivity index (χ1) is 36.7. The Labute approximate surface area is 428 Å². The normalized spacial score (nSPS) is 11.5. The lowest BCUT2D eigenvalue weighted by Crippen LogP contribution is -1.97. The van der Waals surface area contributed by atoms with E-state index in [0.717, 1.165) is 101 Å². The van der Waals surface area contributed by atoms with Crippen LogP contribution in [0.15, 0.2) is 273 Å². The van der Waals surface area contributed by atoms with E-state index in [1.807, 2.05) is 12.1 Å². The zero-order valence-electron chi connectivity index (χ0n) is 40.2. The number of aromatic nitrogens is 5. The van der Waals surface area contributed by atoms with Gasteiger partial charge in [0, 0.05) is 33.6 Å². The number of rotatable bonds is 9. The molecule has 0 atom stereocenters. The molecule has 0 aliphatic rings. The van der Waals surface area contributed by atoms with Crippen molar-refractivity contribution in [2.24, 2.45) is 0 Å². The Morgan fingerprint density at radius 3 is 1.05 bits per heavy atom. The molecule has 0 N–H and O–H groups in total. The fourth-order valence-corrected chi connectivity index (χ4v) is 10.9. The Bertz CT molecular complexity index is 4380. The highest BCUT2D eigenvalue weighted by Crippen LogP contribution is 2.46. The summed E-state index contributed by atoms with van der Waals surface area (Å²) in [4.78, 5) is 15.9. The van der Waals surface area contributed by atoms with Crippen molar-refractivity contribution in [3.05, 3.63) is 273 Å². The first kappa shape index (κ1) is 42.9. The summed E-state index contributed by atoms with van der Waals surface area (Å²) in [6.45, 7) is 0. The molecule has 0 saturated carbocycles. The second-order valence-corrected chi connectivity index (χ2v) is 18.8. The number of nitrogens with zero attached hydrogens (tertiary/aromatic N) is 5. The fraction of sp³-hybridized carbons (Fsp3) is 0. The zero-order valence-corrected chi connectivity index (χ0v) is 40.2. The van der Waals surface area contributed by atoms with Gasteiger partial charge < -0.3 is 0 Å². The van der Waals surface area contributed by atoms with Crippen LogP contribution < -0.4 is 0 Å². The molecule has 0 unspecified atom stereocenters. The summed E-state index contributed by atoms with van der Waals surface area (Å²) >= 11 is 0. The highest BCUT2D eigenvalue weighted by molar-refractivity contribution is 6.22. The molecule has 0 aliphatic heterocycles. The van der Waals surface area contributed by atoms with Crippen molar-refractivity contribution in [2.45, 2.75) is 0 Å². The van der Waals surface area contributed by atoms with E-state index < -0.39 is 0 Å². The molecule has 11 aromatic carbocycles. The molecule has 5 heteroatoms. The number of imidazole rings is 2. The minimum Gasteiger partial charge on any atom is -0.292 e. The molecule has 0 saturated heterocycles. The number of para-hydroxylation sites is 2. The third-order valence-electron chi connectivity index (χ3n) is 14.3. The van der Waals surface area contributed by atoms with E-state index in [9.17, 15) is 0 Å². The maximum Gasteiger partial charge on any atom is 0.145 e. The Kier molecular flexibility index (Phi) is 10.4. The minimum absolute atomic E-state index is 0.889. The smallest absolute Gasteiger partial charge is 0.145 e. The fourth-order valence-electron chi connectivity index (χ4n) is 10.9. The Hall–Kier alpha value is -9.97. The van der Waals surface area contributed by atoms with Crippen molar-refractivity contribution in [3.63, 3.8) is 0 Å². The van der Waals surface area contributed by atoms with Gasteiger partial charge in [0.25, 0.3) is 0 Å². The maximum atomic E-state index is 5.38. The Morgan fingerprint density at radius 1 is 0.230 bits per heavy atom. The first-order valence-corrected chi connectivity index (χ1v) is 25.1. The number of hydrogen-bond donors (Lipinski definition) is 0. The average Bonchev–Trinajstić information content (AvgIpc) is 4.09. The van der Waals surface area contributed by atoms with Gasteiger partial charge in [0.1, 0.15) is 11.6 Å². The molecule has 0 fully saturated rings. The lowest BCUT2D eigenvalue weighted by molar-refractivity contribution is 1.10. The monoisotopic (exact) mass is 943 g/mol. The second-order valence-electron chi connectivity index (χ2n) is 18.8. The number of fused-ring (bicyclic) bond motifs is 4. The summed E-state index contributed by atoms with van der Waals surface area (Å²) in [5.74, 6) is 1.82. The summed E-state index contributed by atoms with van der Waals surface area (Å²) in [7, 11) is 0. The van der Waals surface area contributed by atoms with Crippen molar-refractivity contribution in [1.82, 2.24) is 24.1 Å². The number of benzene rings is 11. The molecular weight excluding hydrogens is 899 g/mol. The van der Waals surface area contributed by atoms with E-state index in [2.05, 4.69) is 270 Å². The summed E-state index contributed by atoms with van der Waals surface area (Å²) < 4.78 is 4.51. The van der Waals surface area contributed by atoms with Gasteiger partial charge in [0.05, 0.1) is 33.5 Å². The van der Waals surface area contributed by atoms with Crippen LogP contribution in [0.25, 0.3) is 134 Å². The molecule has 0 radical (unpaired) electrons. The highest BCUT2D eigenvalue weighted by Gasteiger charge is 2.21. The summed E-state index contributed by atoms with van der Waals surface area (Å²) in [5, 5.41) is 4.72. The lowest BCUT2D eigenvalue weighted by atomic mass is 9.84. The van der Waals surface area contributed by atoms with Gasteiger partial charge in [-0.1, -0.05) is 200 Å². The van der Waals surface area contributed by atoms with Crippen LogP contribution in [0.1, 0.15) is 0 Å². The van der Waals surface area contributed by atoms with Crippen molar-refractivity contribution in [2.75, 3.05) is 0 Å². The van der Waals surface area contributed by atoms with Gasteiger partial charge in [-0.15, -0.1) is 0 Å². The summed E-state index contributed by atoms with van der Waals surface area (Å²) in [6, 6.07) is 97.0. The van der Waals surface area contributed by atoms with Gasteiger partial charge >= 0.3 is 0 Å². The molecule has 3 heterocycles. The lowest BCUT2D eigenvalue weighted by Gasteiger charge is -2.19. The van der Waals surface area contributed by atoms with E-state index in [1.54, 1.807) is 0 Å². The van der Waals surface area contributed by atoms with E-state index in [4.69, 9.17) is 15.0 Å². The average molecular weight is 944 g/mol. The van der Waals surface area contributed by atoms with Crippen LogP contribution in [0.5, 0.6) is 0 Å². The predicted molar refractivity (Wildman–Crippen MR) is 307 cm³/mol. The molecule has 0 amide bonds. The third kappa shape index (κ3) is 7.46. The zero-order chi connectivity index (χ0) is 49.0. The molecule has 0 spiro atoms. The molecular formula is C69H45N5. The van der Waals surface area contributed by atoms with Gasteiger partial charge in [-0.2, -0.15) is 0 Å². The van der Waals surface area contributed by atoms with E-state index in [-0.39, 0.29) is 0 Å². The van der Waals surface area contributed by atoms with Gasteiger partial charge in [-0.25, -0.2) is 15.0 Å². The molecule has 5 nitrogen and oxygen atoms in total. The SMILES string of the molecule is c1ccc(-c2c3ccc(-c4cccc(-c5ccc6c(c5)nc(-c5ccccc5)n6-c5ccccc5)n4)cc3c(-c3ccccc3)c3ccc(-c4ccc5c(c4)nc(-c4ccccc4)n5-c4ccccc4)cc23)cc1. The van der Waals surface area contributed by atoms with Crippen LogP contribution in [0.3, 0.4) is 0 Å². The summed E-state index contributed by atoms with van der Waals surface area (Å²) in [6.07, 6.45) is 0. The quantitative estimate of drug-likeness (QED) is 0.136.